The van der Waals surface area contributed by atoms with E-state index >= 15 is 0 Å². The van der Waals surface area contributed by atoms with Crippen molar-refractivity contribution in [3.05, 3.63) is 42.2 Å². The molecule has 1 aromatic heterocycles. The number of nitrogens with zero attached hydrogens (tertiary/aromatic N) is 1. The van der Waals surface area contributed by atoms with Crippen LogP contribution in [0.3, 0.4) is 0 Å². The van der Waals surface area contributed by atoms with Crippen LogP contribution in [-0.4, -0.2) is 23.4 Å². The maximum absolute atomic E-state index is 12.3. The molecular formula is C14H16N2O3S. The van der Waals surface area contributed by atoms with Gasteiger partial charge in [0.25, 0.3) is 0 Å². The van der Waals surface area contributed by atoms with Crippen molar-refractivity contribution in [3.8, 4) is 11.5 Å². The predicted octanol–water partition coefficient (Wildman–Crippen LogP) is 1.99. The Hall–Kier alpha value is -2.08. The minimum atomic E-state index is -1.22. The first-order valence-electron chi connectivity index (χ1n) is 5.95. The summed E-state index contributed by atoms with van der Waals surface area (Å²) in [6.45, 7) is 0. The van der Waals surface area contributed by atoms with E-state index in [9.17, 15) is 4.21 Å². The average Bonchev–Trinajstić information content (AvgIpc) is 2.47. The molecule has 6 heteroatoms. The molecule has 1 unspecified atom stereocenters. The van der Waals surface area contributed by atoms with Crippen LogP contribution in [0.25, 0.3) is 0 Å². The number of nitrogen functional groups attached to an aromatic ring is 1. The molecule has 2 N–H and O–H groups in total. The molecular weight excluding hydrogens is 276 g/mol. The average molecular weight is 292 g/mol. The van der Waals surface area contributed by atoms with Gasteiger partial charge in [0, 0.05) is 22.8 Å². The van der Waals surface area contributed by atoms with Gasteiger partial charge in [-0.2, -0.15) is 0 Å². The Morgan fingerprint density at radius 2 is 1.85 bits per heavy atom. The van der Waals surface area contributed by atoms with Crippen LogP contribution in [0.15, 0.2) is 41.4 Å². The predicted molar refractivity (Wildman–Crippen MR) is 78.3 cm³/mol. The van der Waals surface area contributed by atoms with Crippen LogP contribution >= 0.6 is 0 Å². The van der Waals surface area contributed by atoms with E-state index in [4.69, 9.17) is 15.2 Å². The molecule has 0 bridgehead atoms. The zero-order valence-corrected chi connectivity index (χ0v) is 12.1. The molecule has 106 valence electrons. The van der Waals surface area contributed by atoms with Gasteiger partial charge >= 0.3 is 0 Å². The quantitative estimate of drug-likeness (QED) is 0.853. The first-order chi connectivity index (χ1) is 9.65. The zero-order chi connectivity index (χ0) is 14.5. The van der Waals surface area contributed by atoms with Gasteiger partial charge in [0.15, 0.2) is 11.5 Å². The number of aromatic nitrogens is 1. The van der Waals surface area contributed by atoms with Crippen molar-refractivity contribution < 1.29 is 13.7 Å². The van der Waals surface area contributed by atoms with Crippen molar-refractivity contribution in [3.63, 3.8) is 0 Å². The summed E-state index contributed by atoms with van der Waals surface area (Å²) in [5.74, 6) is 1.34. The van der Waals surface area contributed by atoms with Gasteiger partial charge in [0.2, 0.25) is 0 Å². The molecule has 0 saturated carbocycles. The van der Waals surface area contributed by atoms with Crippen molar-refractivity contribution in [2.24, 2.45) is 0 Å². The number of rotatable bonds is 5. The normalized spacial score (nSPS) is 11.9. The summed E-state index contributed by atoms with van der Waals surface area (Å²) in [5, 5.41) is 0. The molecule has 0 saturated heterocycles. The number of methoxy groups -OCH3 is 2. The molecule has 2 aromatic rings. The van der Waals surface area contributed by atoms with Crippen LogP contribution in [0, 0.1) is 0 Å². The molecule has 0 aliphatic carbocycles. The van der Waals surface area contributed by atoms with E-state index in [0.29, 0.717) is 27.8 Å². The number of anilines is 1. The summed E-state index contributed by atoms with van der Waals surface area (Å²) in [4.78, 5) is 4.92. The zero-order valence-electron chi connectivity index (χ0n) is 11.3. The van der Waals surface area contributed by atoms with Gasteiger partial charge in [-0.3, -0.25) is 9.19 Å². The van der Waals surface area contributed by atoms with Crippen molar-refractivity contribution in [1.82, 2.24) is 4.98 Å². The number of hydrogen-bond acceptors (Lipinski definition) is 5. The molecule has 2 rings (SSSR count). The SMILES string of the molecule is COc1ccnc(CS(=O)c2ccc(N)cc2)c1OC. The third-order valence-corrected chi connectivity index (χ3v) is 4.11. The molecule has 0 fully saturated rings. The molecule has 1 aromatic carbocycles. The summed E-state index contributed by atoms with van der Waals surface area (Å²) >= 11 is 0. The second kappa shape index (κ2) is 6.38. The highest BCUT2D eigenvalue weighted by Gasteiger charge is 2.14. The minimum absolute atomic E-state index is 0.254. The van der Waals surface area contributed by atoms with Crippen LogP contribution in [0.2, 0.25) is 0 Å². The third kappa shape index (κ3) is 3.08. The lowest BCUT2D eigenvalue weighted by atomic mass is 10.3. The maximum atomic E-state index is 12.3. The van der Waals surface area contributed by atoms with Crippen molar-refractivity contribution in [1.29, 1.82) is 0 Å². The fourth-order valence-electron chi connectivity index (χ4n) is 1.78. The largest absolute Gasteiger partial charge is 0.493 e. The second-order valence-electron chi connectivity index (χ2n) is 4.05. The fourth-order valence-corrected chi connectivity index (χ4v) is 2.84. The Kier molecular flexibility index (Phi) is 4.57. The molecule has 0 aliphatic rings. The molecule has 20 heavy (non-hydrogen) atoms. The lowest BCUT2D eigenvalue weighted by Gasteiger charge is -2.11. The van der Waals surface area contributed by atoms with E-state index < -0.39 is 10.8 Å². The highest BCUT2D eigenvalue weighted by Crippen LogP contribution is 2.30. The van der Waals surface area contributed by atoms with Crippen molar-refractivity contribution >= 4 is 16.5 Å². The monoisotopic (exact) mass is 292 g/mol. The summed E-state index contributed by atoms with van der Waals surface area (Å²) in [6, 6.07) is 8.65. The Morgan fingerprint density at radius 1 is 1.15 bits per heavy atom. The topological polar surface area (TPSA) is 74.4 Å². The van der Waals surface area contributed by atoms with Gasteiger partial charge in [0.05, 0.1) is 36.5 Å². The van der Waals surface area contributed by atoms with Gasteiger partial charge in [-0.05, 0) is 24.3 Å². The van der Waals surface area contributed by atoms with E-state index in [1.165, 1.54) is 7.11 Å². The van der Waals surface area contributed by atoms with E-state index in [1.807, 2.05) is 0 Å². The number of nitrogens with two attached hydrogens (primary N) is 1. The smallest absolute Gasteiger partial charge is 0.183 e. The second-order valence-corrected chi connectivity index (χ2v) is 5.50. The maximum Gasteiger partial charge on any atom is 0.183 e. The summed E-state index contributed by atoms with van der Waals surface area (Å²) < 4.78 is 22.8. The lowest BCUT2D eigenvalue weighted by Crippen LogP contribution is -2.03. The van der Waals surface area contributed by atoms with Crippen LogP contribution < -0.4 is 15.2 Å². The molecule has 0 aliphatic heterocycles. The molecule has 5 nitrogen and oxygen atoms in total. The lowest BCUT2D eigenvalue weighted by molar-refractivity contribution is 0.350. The standard InChI is InChI=1S/C14H16N2O3S/c1-18-13-7-8-16-12(14(13)19-2)9-20(17)11-5-3-10(15)4-6-11/h3-8H,9,15H2,1-2H3. The number of ether oxygens (including phenoxy) is 2. The van der Waals surface area contributed by atoms with Gasteiger partial charge in [0.1, 0.15) is 0 Å². The Bertz CT molecular complexity index is 614. The Labute approximate surface area is 120 Å². The first kappa shape index (κ1) is 14.3. The Morgan fingerprint density at radius 3 is 2.45 bits per heavy atom. The van der Waals surface area contributed by atoms with Crippen LogP contribution in [0.4, 0.5) is 5.69 Å². The first-order valence-corrected chi connectivity index (χ1v) is 7.27. The summed E-state index contributed by atoms with van der Waals surface area (Å²) in [5.41, 5.74) is 6.86. The van der Waals surface area contributed by atoms with Crippen molar-refractivity contribution in [2.75, 3.05) is 20.0 Å². The summed E-state index contributed by atoms with van der Waals surface area (Å²) in [7, 11) is 1.87. The minimum Gasteiger partial charge on any atom is -0.493 e. The van der Waals surface area contributed by atoms with E-state index in [0.717, 1.165) is 0 Å². The fraction of sp³-hybridized carbons (Fsp3) is 0.214. The molecule has 1 heterocycles. The number of pyridine rings is 1. The third-order valence-electron chi connectivity index (χ3n) is 2.78. The van der Waals surface area contributed by atoms with E-state index in [-0.39, 0.29) is 5.75 Å². The molecule has 1 atom stereocenters. The van der Waals surface area contributed by atoms with Gasteiger partial charge in [-0.1, -0.05) is 0 Å². The van der Waals surface area contributed by atoms with E-state index in [1.54, 1.807) is 43.6 Å². The van der Waals surface area contributed by atoms with Gasteiger partial charge < -0.3 is 15.2 Å². The molecule has 0 radical (unpaired) electrons. The van der Waals surface area contributed by atoms with Crippen LogP contribution in [-0.2, 0) is 16.6 Å². The van der Waals surface area contributed by atoms with Crippen molar-refractivity contribution in [2.45, 2.75) is 10.6 Å². The summed E-state index contributed by atoms with van der Waals surface area (Å²) in [6.07, 6.45) is 1.61. The Balaban J connectivity index is 2.25. The highest BCUT2D eigenvalue weighted by molar-refractivity contribution is 7.84. The number of hydrogen-bond donors (Lipinski definition) is 1. The van der Waals surface area contributed by atoms with E-state index in [2.05, 4.69) is 4.98 Å². The van der Waals surface area contributed by atoms with Gasteiger partial charge in [-0.15, -0.1) is 0 Å². The molecule has 0 spiro atoms. The van der Waals surface area contributed by atoms with Crippen LogP contribution in [0.1, 0.15) is 5.69 Å². The molecule has 0 amide bonds. The van der Waals surface area contributed by atoms with Crippen LogP contribution in [0.5, 0.6) is 11.5 Å². The highest BCUT2D eigenvalue weighted by atomic mass is 32.2. The number of benzene rings is 1. The van der Waals surface area contributed by atoms with Gasteiger partial charge in [-0.25, -0.2) is 0 Å².